The van der Waals surface area contributed by atoms with E-state index in [1.807, 2.05) is 0 Å². The Kier molecular flexibility index (Phi) is 15.2. The van der Waals surface area contributed by atoms with Gasteiger partial charge in [0.05, 0.1) is 32.5 Å². The van der Waals surface area contributed by atoms with E-state index < -0.39 is 104 Å². The van der Waals surface area contributed by atoms with Crippen LogP contribution < -0.4 is 33.1 Å². The van der Waals surface area contributed by atoms with Gasteiger partial charge in [0.15, 0.2) is 18.3 Å². The summed E-state index contributed by atoms with van der Waals surface area (Å²) in [5.41, 5.74) is -3.06. The molecule has 2 fully saturated rings. The maximum Gasteiger partial charge on any atom is 0.356 e. The first-order valence-electron chi connectivity index (χ1n) is 17.1. The molecule has 22 nitrogen and oxygen atoms in total. The summed E-state index contributed by atoms with van der Waals surface area (Å²) in [4.78, 5) is 88.2. The number of carbonyl (C=O) groups excluding carboxylic acids is 2. The van der Waals surface area contributed by atoms with Crippen molar-refractivity contribution in [1.29, 1.82) is 0 Å². The summed E-state index contributed by atoms with van der Waals surface area (Å²) >= 11 is 0. The highest BCUT2D eigenvalue weighted by atomic mass is 31.2. The van der Waals surface area contributed by atoms with Crippen LogP contribution in [-0.4, -0.2) is 130 Å². The number of aromatic nitrogens is 4. The van der Waals surface area contributed by atoms with E-state index in [9.17, 15) is 43.3 Å². The van der Waals surface area contributed by atoms with Gasteiger partial charge in [0, 0.05) is 51.5 Å². The summed E-state index contributed by atoms with van der Waals surface area (Å²) in [5, 5.41) is 15.1. The molecule has 4 rings (SSSR count). The van der Waals surface area contributed by atoms with E-state index in [2.05, 4.69) is 20.6 Å². The Labute approximate surface area is 307 Å². The molecule has 0 bridgehead atoms. The van der Waals surface area contributed by atoms with E-state index in [4.69, 9.17) is 32.9 Å². The Morgan fingerprint density at radius 1 is 0.815 bits per heavy atom. The highest BCUT2D eigenvalue weighted by molar-refractivity contribution is 7.53. The molecule has 2 aliphatic heterocycles. The van der Waals surface area contributed by atoms with Crippen LogP contribution in [-0.2, 0) is 47.1 Å². The van der Waals surface area contributed by atoms with Crippen molar-refractivity contribution < 1.29 is 57.1 Å². The van der Waals surface area contributed by atoms with Gasteiger partial charge >= 0.3 is 19.0 Å². The Hall–Kier alpha value is -3.83. The highest BCUT2D eigenvalue weighted by Crippen LogP contribution is 2.50. The van der Waals surface area contributed by atoms with Crippen LogP contribution in [0.5, 0.6) is 0 Å². The predicted molar refractivity (Wildman–Crippen MR) is 185 cm³/mol. The minimum Gasteiger partial charge on any atom is -0.394 e. The van der Waals surface area contributed by atoms with Crippen molar-refractivity contribution >= 4 is 19.4 Å². The molecule has 4 heterocycles. The molecule has 2 aromatic heterocycles. The lowest BCUT2D eigenvalue weighted by molar-refractivity contribution is -0.126. The standard InChI is InChI=1S/C31H47N6O16P/c1-16(2)50-25-19(53-29(27(25)48-13-9-21(40)33-5)37-11-7-23(42)35-31(37)44)15-49-54(45,46)17(3)51-24-18(14-38)52-28(26(24)47-12-8-20(39)32-4)36-10-6-22(41)34-30(36)43/h6-7,10-11,16-19,24-29,38H,8-9,12-15H2,1-5H3,(H,32,39)(H,33,40)(H,45,46)(H,34,41,43)(H,35,42,44). The number of nitrogens with one attached hydrogen (secondary N) is 4. The summed E-state index contributed by atoms with van der Waals surface area (Å²) in [5.74, 6) is -2.32. The Morgan fingerprint density at radius 2 is 1.28 bits per heavy atom. The average molecular weight is 791 g/mol. The minimum absolute atomic E-state index is 0.0512. The molecule has 10 unspecified atom stereocenters. The van der Waals surface area contributed by atoms with Gasteiger partial charge in [0.25, 0.3) is 11.1 Å². The molecular weight excluding hydrogens is 743 g/mol. The number of ether oxygens (including phenoxy) is 6. The summed E-state index contributed by atoms with van der Waals surface area (Å²) in [6.45, 7) is 3.05. The lowest BCUT2D eigenvalue weighted by Crippen LogP contribution is -2.43. The molecule has 10 atom stereocenters. The second-order valence-corrected chi connectivity index (χ2v) is 14.7. The molecule has 23 heteroatoms. The number of amides is 2. The van der Waals surface area contributed by atoms with Gasteiger partial charge in [-0.15, -0.1) is 0 Å². The lowest BCUT2D eigenvalue weighted by Gasteiger charge is -2.30. The molecular formula is C31H47N6O16P. The van der Waals surface area contributed by atoms with Crippen molar-refractivity contribution in [3.8, 4) is 0 Å². The fourth-order valence-corrected chi connectivity index (χ4v) is 6.68. The first-order chi connectivity index (χ1) is 25.6. The Morgan fingerprint density at radius 3 is 1.70 bits per heavy atom. The fourth-order valence-electron chi connectivity index (χ4n) is 5.81. The Balaban J connectivity index is 1.56. The third-order valence-electron chi connectivity index (χ3n) is 8.50. The molecule has 2 amide bonds. The van der Waals surface area contributed by atoms with Crippen LogP contribution in [0.1, 0.15) is 46.1 Å². The van der Waals surface area contributed by atoms with E-state index in [-0.39, 0.29) is 37.9 Å². The van der Waals surface area contributed by atoms with Gasteiger partial charge in [0.1, 0.15) is 36.6 Å². The molecule has 54 heavy (non-hydrogen) atoms. The molecule has 0 aromatic carbocycles. The SMILES string of the molecule is CNC(=O)CCOC1C(OC(C)C)C(COP(=O)(O)C(C)OC2C(CO)OC(n3ccc(=O)[nH]c3=O)C2OCCC(=O)NC)OC1n1ccc(=O)[nH]c1=O. The second kappa shape index (κ2) is 19.2. The molecule has 0 aliphatic carbocycles. The normalized spacial score (nSPS) is 27.1. The molecule has 302 valence electrons. The smallest absolute Gasteiger partial charge is 0.356 e. The van der Waals surface area contributed by atoms with Crippen LogP contribution in [0.15, 0.2) is 43.7 Å². The number of carbonyl (C=O) groups is 2. The van der Waals surface area contributed by atoms with Gasteiger partial charge < -0.3 is 53.6 Å². The van der Waals surface area contributed by atoms with E-state index in [1.54, 1.807) is 13.8 Å². The number of aromatic amines is 2. The molecule has 6 N–H and O–H groups in total. The van der Waals surface area contributed by atoms with Crippen molar-refractivity contribution in [2.24, 2.45) is 0 Å². The van der Waals surface area contributed by atoms with Crippen LogP contribution in [0.25, 0.3) is 0 Å². The van der Waals surface area contributed by atoms with Gasteiger partial charge in [-0.25, -0.2) is 9.59 Å². The molecule has 0 saturated carbocycles. The number of nitrogens with zero attached hydrogens (tertiary/aromatic N) is 2. The number of aliphatic hydroxyl groups excluding tert-OH is 1. The van der Waals surface area contributed by atoms with E-state index in [1.165, 1.54) is 27.2 Å². The largest absolute Gasteiger partial charge is 0.394 e. The second-order valence-electron chi connectivity index (χ2n) is 12.6. The first-order valence-corrected chi connectivity index (χ1v) is 18.7. The number of hydrogen-bond donors (Lipinski definition) is 6. The minimum atomic E-state index is -4.77. The molecule has 0 spiro atoms. The van der Waals surface area contributed by atoms with Crippen LogP contribution in [0.2, 0.25) is 0 Å². The van der Waals surface area contributed by atoms with E-state index >= 15 is 0 Å². The molecule has 2 saturated heterocycles. The van der Waals surface area contributed by atoms with Crippen molar-refractivity contribution in [1.82, 2.24) is 29.7 Å². The highest BCUT2D eigenvalue weighted by Gasteiger charge is 2.51. The van der Waals surface area contributed by atoms with Gasteiger partial charge in [-0.3, -0.25) is 42.8 Å². The maximum absolute atomic E-state index is 13.7. The van der Waals surface area contributed by atoms with Gasteiger partial charge in [0.2, 0.25) is 11.8 Å². The molecule has 0 radical (unpaired) electrons. The summed E-state index contributed by atoms with van der Waals surface area (Å²) < 4.78 is 57.3. The fraction of sp³-hybridized carbons (Fsp3) is 0.677. The van der Waals surface area contributed by atoms with E-state index in [0.717, 1.165) is 27.5 Å². The zero-order valence-electron chi connectivity index (χ0n) is 30.3. The maximum atomic E-state index is 13.7. The Bertz CT molecular complexity index is 1860. The van der Waals surface area contributed by atoms with Crippen molar-refractivity contribution in [2.45, 2.75) is 94.6 Å². The summed E-state index contributed by atoms with van der Waals surface area (Å²) in [6, 6.07) is 2.15. The van der Waals surface area contributed by atoms with Crippen molar-refractivity contribution in [3.05, 3.63) is 66.2 Å². The zero-order chi connectivity index (χ0) is 39.7. The zero-order valence-corrected chi connectivity index (χ0v) is 31.2. The molecule has 2 aliphatic rings. The van der Waals surface area contributed by atoms with Crippen molar-refractivity contribution in [2.75, 3.05) is 40.5 Å². The number of hydrogen-bond acceptors (Lipinski definition) is 15. The number of H-pyrrole nitrogens is 2. The van der Waals surface area contributed by atoms with Crippen LogP contribution >= 0.6 is 7.60 Å². The first kappa shape index (κ1) is 42.9. The molecule has 2 aromatic rings. The topological polar surface area (TPSA) is 290 Å². The third kappa shape index (κ3) is 10.7. The van der Waals surface area contributed by atoms with E-state index in [0.29, 0.717) is 0 Å². The summed E-state index contributed by atoms with van der Waals surface area (Å²) in [7, 11) is -1.89. The van der Waals surface area contributed by atoms with Gasteiger partial charge in [-0.2, -0.15) is 0 Å². The predicted octanol–water partition coefficient (Wildman–Crippen LogP) is -2.36. The van der Waals surface area contributed by atoms with Crippen LogP contribution in [0.3, 0.4) is 0 Å². The summed E-state index contributed by atoms with van der Waals surface area (Å²) in [6.07, 6.45) is -7.82. The lowest BCUT2D eigenvalue weighted by atomic mass is 10.1. The number of rotatable bonds is 19. The van der Waals surface area contributed by atoms with Crippen LogP contribution in [0.4, 0.5) is 0 Å². The average Bonchev–Trinajstić information content (AvgIpc) is 3.63. The van der Waals surface area contributed by atoms with Gasteiger partial charge in [-0.1, -0.05) is 0 Å². The monoisotopic (exact) mass is 790 g/mol. The number of aliphatic hydroxyl groups is 1. The quantitative estimate of drug-likeness (QED) is 0.0812. The third-order valence-corrected chi connectivity index (χ3v) is 10.1. The van der Waals surface area contributed by atoms with Crippen molar-refractivity contribution in [3.63, 3.8) is 0 Å². The van der Waals surface area contributed by atoms with Gasteiger partial charge in [-0.05, 0) is 20.8 Å². The van der Waals surface area contributed by atoms with Crippen LogP contribution in [0, 0.1) is 0 Å².